The van der Waals surface area contributed by atoms with Crippen LogP contribution in [0.4, 0.5) is 0 Å². The lowest BCUT2D eigenvalue weighted by Crippen LogP contribution is -2.26. The molecule has 0 spiro atoms. The molecule has 1 atom stereocenters. The quantitative estimate of drug-likeness (QED) is 0.719. The average molecular weight is 276 g/mol. The summed E-state index contributed by atoms with van der Waals surface area (Å²) in [5.41, 5.74) is 5.40. The lowest BCUT2D eigenvalue weighted by molar-refractivity contribution is 0.427. The van der Waals surface area contributed by atoms with E-state index in [0.29, 0.717) is 5.92 Å². The Morgan fingerprint density at radius 1 is 1.16 bits per heavy atom. The van der Waals surface area contributed by atoms with Crippen molar-refractivity contribution in [2.45, 2.75) is 40.0 Å². The number of rotatable bonds is 3. The molecule has 1 aromatic carbocycles. The first kappa shape index (κ1) is 14.2. The van der Waals surface area contributed by atoms with E-state index in [1.54, 1.807) is 0 Å². The molecule has 1 unspecified atom stereocenters. The third-order valence-corrected chi connectivity index (χ3v) is 4.36. The van der Waals surface area contributed by atoms with E-state index in [4.69, 9.17) is 11.6 Å². The van der Waals surface area contributed by atoms with Crippen molar-refractivity contribution in [3.63, 3.8) is 0 Å². The van der Waals surface area contributed by atoms with Gasteiger partial charge in [0.15, 0.2) is 0 Å². The highest BCUT2D eigenvalue weighted by Gasteiger charge is 2.25. The van der Waals surface area contributed by atoms with E-state index in [9.17, 15) is 0 Å². The van der Waals surface area contributed by atoms with E-state index in [2.05, 4.69) is 50.8 Å². The molecule has 2 heteroatoms. The Morgan fingerprint density at radius 2 is 1.84 bits per heavy atom. The Labute approximate surface area is 121 Å². The molecule has 0 saturated carbocycles. The largest absolute Gasteiger partial charge is 0.350 e. The van der Waals surface area contributed by atoms with Gasteiger partial charge in [-0.3, -0.25) is 0 Å². The summed E-state index contributed by atoms with van der Waals surface area (Å²) in [6, 6.07) is 8.18. The van der Waals surface area contributed by atoms with Crippen LogP contribution in [0.5, 0.6) is 0 Å². The van der Waals surface area contributed by atoms with Crippen molar-refractivity contribution in [3.8, 4) is 0 Å². The van der Waals surface area contributed by atoms with Crippen LogP contribution in [0.1, 0.15) is 45.6 Å². The van der Waals surface area contributed by atoms with E-state index in [0.717, 1.165) is 18.0 Å². The van der Waals surface area contributed by atoms with Crippen molar-refractivity contribution in [1.82, 2.24) is 4.90 Å². The fraction of sp³-hybridized carbons (Fsp3) is 0.412. The van der Waals surface area contributed by atoms with Crippen LogP contribution in [-0.2, 0) is 0 Å². The maximum absolute atomic E-state index is 6.38. The molecule has 0 amide bonds. The SMILES string of the molecule is CCC1=C(C)N(CC)C(C)=CC1c1ccccc1Cl. The normalized spacial score (nSPS) is 19.7. The third-order valence-electron chi connectivity index (χ3n) is 4.02. The zero-order valence-corrected chi connectivity index (χ0v) is 13.0. The molecule has 0 saturated heterocycles. The molecular formula is C17H22ClN. The van der Waals surface area contributed by atoms with E-state index in [-0.39, 0.29) is 0 Å². The first-order valence-electron chi connectivity index (χ1n) is 7.00. The maximum Gasteiger partial charge on any atom is 0.0447 e. The van der Waals surface area contributed by atoms with Gasteiger partial charge in [-0.1, -0.05) is 42.8 Å². The summed E-state index contributed by atoms with van der Waals surface area (Å²) >= 11 is 6.38. The van der Waals surface area contributed by atoms with Gasteiger partial charge < -0.3 is 4.90 Å². The summed E-state index contributed by atoms with van der Waals surface area (Å²) in [4.78, 5) is 2.38. The molecule has 0 N–H and O–H groups in total. The summed E-state index contributed by atoms with van der Waals surface area (Å²) in [6.45, 7) is 9.85. The number of benzene rings is 1. The number of hydrogen-bond acceptors (Lipinski definition) is 1. The molecular weight excluding hydrogens is 254 g/mol. The molecule has 0 aliphatic carbocycles. The predicted octanol–water partition coefficient (Wildman–Crippen LogP) is 5.35. The van der Waals surface area contributed by atoms with Crippen LogP contribution in [-0.4, -0.2) is 11.4 Å². The van der Waals surface area contributed by atoms with Gasteiger partial charge in [-0.2, -0.15) is 0 Å². The highest BCUT2D eigenvalue weighted by molar-refractivity contribution is 6.31. The van der Waals surface area contributed by atoms with Crippen molar-refractivity contribution in [1.29, 1.82) is 0 Å². The van der Waals surface area contributed by atoms with Gasteiger partial charge in [0.05, 0.1) is 0 Å². The maximum atomic E-state index is 6.38. The van der Waals surface area contributed by atoms with Crippen molar-refractivity contribution in [2.75, 3.05) is 6.54 Å². The Balaban J connectivity index is 2.52. The molecule has 1 aromatic rings. The van der Waals surface area contributed by atoms with Gasteiger partial charge in [0.2, 0.25) is 0 Å². The summed E-state index contributed by atoms with van der Waals surface area (Å²) in [7, 11) is 0. The predicted molar refractivity (Wildman–Crippen MR) is 83.3 cm³/mol. The Kier molecular flexibility index (Phi) is 4.36. The highest BCUT2D eigenvalue weighted by atomic mass is 35.5. The minimum atomic E-state index is 0.321. The van der Waals surface area contributed by atoms with Crippen LogP contribution >= 0.6 is 11.6 Å². The number of allylic oxidation sites excluding steroid dienone is 4. The van der Waals surface area contributed by atoms with Crippen LogP contribution in [0.3, 0.4) is 0 Å². The third kappa shape index (κ3) is 2.57. The second-order valence-electron chi connectivity index (χ2n) is 5.02. The number of hydrogen-bond donors (Lipinski definition) is 0. The fourth-order valence-electron chi connectivity index (χ4n) is 3.06. The van der Waals surface area contributed by atoms with E-state index in [1.807, 2.05) is 12.1 Å². The van der Waals surface area contributed by atoms with Crippen LogP contribution < -0.4 is 0 Å². The lowest BCUT2D eigenvalue weighted by Gasteiger charge is -2.35. The van der Waals surface area contributed by atoms with Crippen molar-refractivity contribution in [2.24, 2.45) is 0 Å². The van der Waals surface area contributed by atoms with Gasteiger partial charge >= 0.3 is 0 Å². The van der Waals surface area contributed by atoms with Crippen molar-refractivity contribution in [3.05, 3.63) is 57.9 Å². The van der Waals surface area contributed by atoms with Gasteiger partial charge in [-0.15, -0.1) is 0 Å². The van der Waals surface area contributed by atoms with Gasteiger partial charge in [-0.05, 0) is 44.4 Å². The zero-order valence-electron chi connectivity index (χ0n) is 12.2. The molecule has 1 aliphatic rings. The van der Waals surface area contributed by atoms with Gasteiger partial charge in [-0.25, -0.2) is 0 Å². The van der Waals surface area contributed by atoms with Crippen LogP contribution in [0.15, 0.2) is 47.3 Å². The average Bonchev–Trinajstić information content (AvgIpc) is 2.39. The molecule has 1 nitrogen and oxygen atoms in total. The van der Waals surface area contributed by atoms with Gasteiger partial charge in [0, 0.05) is 28.9 Å². The molecule has 102 valence electrons. The fourth-order valence-corrected chi connectivity index (χ4v) is 3.32. The lowest BCUT2D eigenvalue weighted by atomic mass is 9.85. The standard InChI is InChI=1S/C17H22ClN/c1-5-14-13(4)19(6-2)12(3)11-16(14)15-9-7-8-10-17(15)18/h7-11,16H,5-6H2,1-4H3. The molecule has 0 radical (unpaired) electrons. The van der Waals surface area contributed by atoms with E-state index >= 15 is 0 Å². The highest BCUT2D eigenvalue weighted by Crippen LogP contribution is 2.39. The van der Waals surface area contributed by atoms with E-state index < -0.39 is 0 Å². The molecule has 0 bridgehead atoms. The molecule has 19 heavy (non-hydrogen) atoms. The number of nitrogens with zero attached hydrogens (tertiary/aromatic N) is 1. The molecule has 1 aliphatic heterocycles. The Bertz CT molecular complexity index is 528. The summed E-state index contributed by atoms with van der Waals surface area (Å²) in [5.74, 6) is 0.321. The molecule has 0 fully saturated rings. The monoisotopic (exact) mass is 275 g/mol. The molecule has 1 heterocycles. The van der Waals surface area contributed by atoms with Gasteiger partial charge in [0.25, 0.3) is 0 Å². The molecule has 2 rings (SSSR count). The summed E-state index contributed by atoms with van der Waals surface area (Å²) < 4.78 is 0. The minimum absolute atomic E-state index is 0.321. The van der Waals surface area contributed by atoms with Crippen LogP contribution in [0, 0.1) is 0 Å². The second-order valence-corrected chi connectivity index (χ2v) is 5.42. The van der Waals surface area contributed by atoms with Gasteiger partial charge in [0.1, 0.15) is 0 Å². The Morgan fingerprint density at radius 3 is 2.42 bits per heavy atom. The first-order valence-corrected chi connectivity index (χ1v) is 7.37. The smallest absolute Gasteiger partial charge is 0.0447 e. The number of halogens is 1. The van der Waals surface area contributed by atoms with Crippen LogP contribution in [0.2, 0.25) is 5.02 Å². The topological polar surface area (TPSA) is 3.24 Å². The van der Waals surface area contributed by atoms with Crippen LogP contribution in [0.25, 0.3) is 0 Å². The zero-order chi connectivity index (χ0) is 14.0. The Hall–Kier alpha value is -1.21. The van der Waals surface area contributed by atoms with Crippen molar-refractivity contribution >= 4 is 11.6 Å². The summed E-state index contributed by atoms with van der Waals surface area (Å²) in [6.07, 6.45) is 3.40. The summed E-state index contributed by atoms with van der Waals surface area (Å²) in [5, 5.41) is 0.861. The molecule has 0 aromatic heterocycles. The van der Waals surface area contributed by atoms with Crippen molar-refractivity contribution < 1.29 is 0 Å². The minimum Gasteiger partial charge on any atom is -0.350 e. The van der Waals surface area contributed by atoms with E-state index in [1.165, 1.54) is 22.5 Å². The first-order chi connectivity index (χ1) is 9.10. The second kappa shape index (κ2) is 5.83.